The standard InChI is InChI=1S/C17H19NO4/c1-5-22-15(20)13-11(2)18(4)16(21)17(13,3)14(19)12-9-7-6-8-10-12/h6-10H,5H2,1-4H3. The monoisotopic (exact) mass is 301 g/mol. The first-order chi connectivity index (χ1) is 10.4. The number of carbonyl (C=O) groups excluding carboxylic acids is 3. The summed E-state index contributed by atoms with van der Waals surface area (Å²) in [7, 11) is 1.56. The summed E-state index contributed by atoms with van der Waals surface area (Å²) in [6.07, 6.45) is 0. The summed E-state index contributed by atoms with van der Waals surface area (Å²) in [6, 6.07) is 8.50. The van der Waals surface area contributed by atoms with Crippen LogP contribution in [0, 0.1) is 5.41 Å². The predicted octanol–water partition coefficient (Wildman–Crippen LogP) is 2.18. The lowest BCUT2D eigenvalue weighted by molar-refractivity contribution is -0.141. The Labute approximate surface area is 129 Å². The van der Waals surface area contributed by atoms with Gasteiger partial charge in [-0.15, -0.1) is 0 Å². The van der Waals surface area contributed by atoms with Crippen LogP contribution >= 0.6 is 0 Å². The number of amides is 1. The maximum absolute atomic E-state index is 12.9. The maximum atomic E-state index is 12.9. The quantitative estimate of drug-likeness (QED) is 0.486. The van der Waals surface area contributed by atoms with E-state index in [1.807, 2.05) is 0 Å². The molecule has 5 heteroatoms. The third-order valence-corrected chi connectivity index (χ3v) is 4.07. The highest BCUT2D eigenvalue weighted by Gasteiger charge is 2.55. The molecule has 0 saturated carbocycles. The number of ketones is 1. The number of allylic oxidation sites excluding steroid dienone is 1. The van der Waals surface area contributed by atoms with E-state index in [0.29, 0.717) is 11.3 Å². The molecule has 0 N–H and O–H groups in total. The number of nitrogens with zero attached hydrogens (tertiary/aromatic N) is 1. The minimum atomic E-state index is -1.55. The second-order valence-corrected chi connectivity index (χ2v) is 5.37. The second kappa shape index (κ2) is 5.75. The smallest absolute Gasteiger partial charge is 0.337 e. The van der Waals surface area contributed by atoms with E-state index >= 15 is 0 Å². The van der Waals surface area contributed by atoms with Crippen LogP contribution in [0.2, 0.25) is 0 Å². The molecule has 116 valence electrons. The summed E-state index contributed by atoms with van der Waals surface area (Å²) in [5, 5.41) is 0. The first-order valence-electron chi connectivity index (χ1n) is 7.12. The summed E-state index contributed by atoms with van der Waals surface area (Å²) in [6.45, 7) is 5.01. The van der Waals surface area contributed by atoms with E-state index in [4.69, 9.17) is 4.74 Å². The highest BCUT2D eigenvalue weighted by molar-refractivity contribution is 6.22. The van der Waals surface area contributed by atoms with Gasteiger partial charge in [0.1, 0.15) is 5.41 Å². The molecule has 2 rings (SSSR count). The Bertz CT molecular complexity index is 662. The highest BCUT2D eigenvalue weighted by atomic mass is 16.5. The molecule has 0 radical (unpaired) electrons. The zero-order chi connectivity index (χ0) is 16.5. The average molecular weight is 301 g/mol. The summed E-state index contributed by atoms with van der Waals surface area (Å²) >= 11 is 0. The lowest BCUT2D eigenvalue weighted by Gasteiger charge is -2.23. The molecule has 1 unspecified atom stereocenters. The molecule has 0 fully saturated rings. The fourth-order valence-corrected chi connectivity index (χ4v) is 2.77. The van der Waals surface area contributed by atoms with Gasteiger partial charge >= 0.3 is 5.97 Å². The molecular weight excluding hydrogens is 282 g/mol. The van der Waals surface area contributed by atoms with Gasteiger partial charge in [-0.1, -0.05) is 30.3 Å². The van der Waals surface area contributed by atoms with Crippen molar-refractivity contribution in [1.29, 1.82) is 0 Å². The predicted molar refractivity (Wildman–Crippen MR) is 81.0 cm³/mol. The molecule has 0 spiro atoms. The first kappa shape index (κ1) is 15.9. The molecule has 22 heavy (non-hydrogen) atoms. The lowest BCUT2D eigenvalue weighted by Crippen LogP contribution is -2.41. The van der Waals surface area contributed by atoms with Crippen LogP contribution in [0.25, 0.3) is 0 Å². The third-order valence-electron chi connectivity index (χ3n) is 4.07. The SMILES string of the molecule is CCOC(=O)C1=C(C)N(C)C(=O)C1(C)C(=O)c1ccccc1. The van der Waals surface area contributed by atoms with E-state index in [2.05, 4.69) is 0 Å². The summed E-state index contributed by atoms with van der Waals surface area (Å²) < 4.78 is 5.05. The molecule has 1 aromatic rings. The molecule has 5 nitrogen and oxygen atoms in total. The molecule has 1 aliphatic rings. The van der Waals surface area contributed by atoms with Crippen LogP contribution in [0.3, 0.4) is 0 Å². The zero-order valence-electron chi connectivity index (χ0n) is 13.2. The van der Waals surface area contributed by atoms with E-state index in [0.717, 1.165) is 0 Å². The number of rotatable bonds is 4. The maximum Gasteiger partial charge on any atom is 0.337 e. The van der Waals surface area contributed by atoms with Gasteiger partial charge in [-0.2, -0.15) is 0 Å². The number of hydrogen-bond donors (Lipinski definition) is 0. The fraction of sp³-hybridized carbons (Fsp3) is 0.353. The van der Waals surface area contributed by atoms with Crippen LogP contribution < -0.4 is 0 Å². The number of esters is 1. The van der Waals surface area contributed by atoms with E-state index in [9.17, 15) is 14.4 Å². The lowest BCUT2D eigenvalue weighted by atomic mass is 9.76. The van der Waals surface area contributed by atoms with E-state index in [1.54, 1.807) is 51.2 Å². The van der Waals surface area contributed by atoms with Crippen molar-refractivity contribution in [3.8, 4) is 0 Å². The van der Waals surface area contributed by atoms with Crippen molar-refractivity contribution in [2.45, 2.75) is 20.8 Å². The summed E-state index contributed by atoms with van der Waals surface area (Å²) in [5.41, 5.74) is -0.582. The van der Waals surface area contributed by atoms with Crippen molar-refractivity contribution in [2.24, 2.45) is 5.41 Å². The van der Waals surface area contributed by atoms with Crippen LogP contribution in [0.5, 0.6) is 0 Å². The van der Waals surface area contributed by atoms with Crippen LogP contribution in [-0.2, 0) is 14.3 Å². The molecule has 1 aliphatic heterocycles. The van der Waals surface area contributed by atoms with Crippen molar-refractivity contribution in [3.05, 3.63) is 47.2 Å². The Hall–Kier alpha value is -2.43. The van der Waals surface area contributed by atoms with E-state index in [1.165, 1.54) is 11.8 Å². The van der Waals surface area contributed by atoms with Crippen LogP contribution in [-0.4, -0.2) is 36.2 Å². The Morgan fingerprint density at radius 3 is 2.36 bits per heavy atom. The Morgan fingerprint density at radius 2 is 1.82 bits per heavy atom. The van der Waals surface area contributed by atoms with Crippen LogP contribution in [0.15, 0.2) is 41.6 Å². The van der Waals surface area contributed by atoms with Gasteiger partial charge in [-0.25, -0.2) is 4.79 Å². The van der Waals surface area contributed by atoms with Gasteiger partial charge in [0.05, 0.1) is 12.2 Å². The number of hydrogen-bond acceptors (Lipinski definition) is 4. The fourth-order valence-electron chi connectivity index (χ4n) is 2.77. The van der Waals surface area contributed by atoms with Gasteiger partial charge in [0.15, 0.2) is 5.78 Å². The van der Waals surface area contributed by atoms with Crippen molar-refractivity contribution in [1.82, 2.24) is 4.90 Å². The van der Waals surface area contributed by atoms with Crippen molar-refractivity contribution < 1.29 is 19.1 Å². The minimum absolute atomic E-state index is 0.121. The first-order valence-corrected chi connectivity index (χ1v) is 7.12. The molecule has 1 heterocycles. The summed E-state index contributed by atoms with van der Waals surface area (Å²) in [4.78, 5) is 39.2. The topological polar surface area (TPSA) is 63.7 Å². The second-order valence-electron chi connectivity index (χ2n) is 5.37. The Kier molecular flexibility index (Phi) is 4.17. The average Bonchev–Trinajstić information content (AvgIpc) is 2.69. The molecule has 1 atom stereocenters. The van der Waals surface area contributed by atoms with Gasteiger partial charge in [-0.05, 0) is 20.8 Å². The van der Waals surface area contributed by atoms with E-state index in [-0.39, 0.29) is 12.2 Å². The highest BCUT2D eigenvalue weighted by Crippen LogP contribution is 2.42. The molecule has 0 aliphatic carbocycles. The molecule has 1 aromatic carbocycles. The zero-order valence-corrected chi connectivity index (χ0v) is 13.2. The summed E-state index contributed by atoms with van der Waals surface area (Å²) in [5.74, 6) is -1.43. The molecular formula is C17H19NO4. The molecule has 0 bridgehead atoms. The number of carbonyl (C=O) groups is 3. The number of benzene rings is 1. The van der Waals surface area contributed by atoms with Gasteiger partial charge < -0.3 is 9.64 Å². The number of Topliss-reactive ketones (excluding diaryl/α,β-unsaturated/α-hetero) is 1. The third kappa shape index (κ3) is 2.22. The minimum Gasteiger partial charge on any atom is -0.463 e. The van der Waals surface area contributed by atoms with E-state index < -0.39 is 23.1 Å². The van der Waals surface area contributed by atoms with Crippen molar-refractivity contribution in [2.75, 3.05) is 13.7 Å². The molecule has 0 saturated heterocycles. The van der Waals surface area contributed by atoms with Crippen LogP contribution in [0.1, 0.15) is 31.1 Å². The van der Waals surface area contributed by atoms with Crippen LogP contribution in [0.4, 0.5) is 0 Å². The van der Waals surface area contributed by atoms with Gasteiger partial charge in [-0.3, -0.25) is 9.59 Å². The Morgan fingerprint density at radius 1 is 1.23 bits per heavy atom. The largest absolute Gasteiger partial charge is 0.463 e. The molecule has 0 aromatic heterocycles. The van der Waals surface area contributed by atoms with Crippen molar-refractivity contribution in [3.63, 3.8) is 0 Å². The van der Waals surface area contributed by atoms with Gasteiger partial charge in [0, 0.05) is 18.3 Å². The van der Waals surface area contributed by atoms with Gasteiger partial charge in [0.2, 0.25) is 5.91 Å². The van der Waals surface area contributed by atoms with Gasteiger partial charge in [0.25, 0.3) is 0 Å². The Balaban J connectivity index is 2.56. The van der Waals surface area contributed by atoms with Crippen molar-refractivity contribution >= 4 is 17.7 Å². The normalized spacial score (nSPS) is 21.3. The molecule has 1 amide bonds. The number of ether oxygens (including phenoxy) is 1.